The maximum atomic E-state index is 13.4. The number of ether oxygens (including phenoxy) is 1. The monoisotopic (exact) mass is 386 g/mol. The van der Waals surface area contributed by atoms with Gasteiger partial charge in [0.2, 0.25) is 0 Å². The second-order valence-corrected chi connectivity index (χ2v) is 6.76. The first-order valence-corrected chi connectivity index (χ1v) is 9.03. The third-order valence-corrected chi connectivity index (χ3v) is 4.94. The Hall–Kier alpha value is -3.00. The molecule has 2 aromatic carbocycles. The number of carbonyl (C=O) groups excluding carboxylic acids is 1. The second-order valence-electron chi connectivity index (χ2n) is 6.76. The van der Waals surface area contributed by atoms with E-state index in [0.717, 1.165) is 34.7 Å². The second kappa shape index (κ2) is 7.55. The number of piperazine rings is 1. The number of rotatable bonds is 4. The zero-order valence-electron chi connectivity index (χ0n) is 15.4. The lowest BCUT2D eigenvalue weighted by Gasteiger charge is -2.34. The molecule has 3 aromatic rings. The Morgan fingerprint density at radius 1 is 1.11 bits per heavy atom. The van der Waals surface area contributed by atoms with Gasteiger partial charge in [0.15, 0.2) is 11.6 Å². The third kappa shape index (κ3) is 3.68. The molecule has 28 heavy (non-hydrogen) atoms. The number of hydrogen-bond acceptors (Lipinski definition) is 4. The van der Waals surface area contributed by atoms with Gasteiger partial charge in [0, 0.05) is 37.8 Å². The number of methoxy groups -OCH3 is 1. The number of hydrogen-bond donors (Lipinski definition) is 1. The lowest BCUT2D eigenvalue weighted by atomic mass is 10.1. The van der Waals surface area contributed by atoms with E-state index < -0.39 is 11.6 Å². The van der Waals surface area contributed by atoms with E-state index in [1.807, 2.05) is 18.2 Å². The number of amides is 1. The standard InChI is InChI=1S/C20H20F2N4O2/c1-28-14-3-5-17-18(11-14)24-19(23-17)12-25-6-8-26(9-7-25)20(27)13-2-4-15(21)16(22)10-13/h2-5,10-11H,6-9,12H2,1H3,(H,23,24). The van der Waals surface area contributed by atoms with Crippen LogP contribution in [0, 0.1) is 11.6 Å². The Bertz CT molecular complexity index is 1010. The molecule has 1 saturated heterocycles. The average molecular weight is 386 g/mol. The van der Waals surface area contributed by atoms with E-state index in [0.29, 0.717) is 32.7 Å². The van der Waals surface area contributed by atoms with Gasteiger partial charge in [-0.2, -0.15) is 0 Å². The molecule has 1 fully saturated rings. The summed E-state index contributed by atoms with van der Waals surface area (Å²) in [7, 11) is 1.62. The normalized spacial score (nSPS) is 15.2. The Morgan fingerprint density at radius 3 is 2.61 bits per heavy atom. The van der Waals surface area contributed by atoms with Crippen LogP contribution in [-0.2, 0) is 6.54 Å². The number of H-pyrrole nitrogens is 1. The van der Waals surface area contributed by atoms with Gasteiger partial charge in [-0.3, -0.25) is 9.69 Å². The molecule has 0 unspecified atom stereocenters. The van der Waals surface area contributed by atoms with Gasteiger partial charge in [-0.1, -0.05) is 0 Å². The molecule has 0 saturated carbocycles. The largest absolute Gasteiger partial charge is 0.497 e. The molecule has 6 nitrogen and oxygen atoms in total. The van der Waals surface area contributed by atoms with Gasteiger partial charge in [-0.05, 0) is 30.3 Å². The molecule has 1 amide bonds. The van der Waals surface area contributed by atoms with E-state index in [9.17, 15) is 13.6 Å². The molecule has 0 atom stereocenters. The van der Waals surface area contributed by atoms with E-state index in [2.05, 4.69) is 14.9 Å². The van der Waals surface area contributed by atoms with Gasteiger partial charge in [0.1, 0.15) is 11.6 Å². The fourth-order valence-corrected chi connectivity index (χ4v) is 3.38. The molecular formula is C20H20F2N4O2. The van der Waals surface area contributed by atoms with Crippen molar-refractivity contribution in [3.63, 3.8) is 0 Å². The smallest absolute Gasteiger partial charge is 0.254 e. The van der Waals surface area contributed by atoms with Gasteiger partial charge in [-0.25, -0.2) is 13.8 Å². The van der Waals surface area contributed by atoms with E-state index in [-0.39, 0.29) is 11.5 Å². The SMILES string of the molecule is COc1ccc2nc(CN3CCN(C(=O)c4ccc(F)c(F)c4)CC3)[nH]c2c1. The van der Waals surface area contributed by atoms with Crippen LogP contribution in [0.4, 0.5) is 8.78 Å². The molecule has 0 radical (unpaired) electrons. The molecular weight excluding hydrogens is 366 g/mol. The van der Waals surface area contributed by atoms with Crippen LogP contribution in [0.15, 0.2) is 36.4 Å². The summed E-state index contributed by atoms with van der Waals surface area (Å²) in [5, 5.41) is 0. The third-order valence-electron chi connectivity index (χ3n) is 4.94. The van der Waals surface area contributed by atoms with Crippen LogP contribution in [0.1, 0.15) is 16.2 Å². The van der Waals surface area contributed by atoms with Gasteiger partial charge in [0.05, 0.1) is 24.7 Å². The number of aromatic amines is 1. The maximum absolute atomic E-state index is 13.4. The average Bonchev–Trinajstić information content (AvgIpc) is 3.11. The molecule has 0 bridgehead atoms. The van der Waals surface area contributed by atoms with Crippen molar-refractivity contribution in [2.75, 3.05) is 33.3 Å². The highest BCUT2D eigenvalue weighted by Gasteiger charge is 2.23. The molecule has 0 spiro atoms. The molecule has 1 aliphatic rings. The zero-order valence-corrected chi connectivity index (χ0v) is 15.4. The number of fused-ring (bicyclic) bond motifs is 1. The van der Waals surface area contributed by atoms with Crippen LogP contribution in [0.5, 0.6) is 5.75 Å². The minimum Gasteiger partial charge on any atom is -0.497 e. The van der Waals surface area contributed by atoms with Crippen LogP contribution < -0.4 is 4.74 Å². The minimum absolute atomic E-state index is 0.165. The van der Waals surface area contributed by atoms with Crippen molar-refractivity contribution in [3.8, 4) is 5.75 Å². The predicted molar refractivity (Wildman–Crippen MR) is 100 cm³/mol. The Morgan fingerprint density at radius 2 is 1.89 bits per heavy atom. The van der Waals surface area contributed by atoms with E-state index in [1.54, 1.807) is 12.0 Å². The number of benzene rings is 2. The minimum atomic E-state index is -1.01. The zero-order chi connectivity index (χ0) is 19.7. The summed E-state index contributed by atoms with van der Waals surface area (Å²) in [5.74, 6) is -0.624. The summed E-state index contributed by atoms with van der Waals surface area (Å²) in [6.45, 7) is 3.04. The quantitative estimate of drug-likeness (QED) is 0.749. The highest BCUT2D eigenvalue weighted by molar-refractivity contribution is 5.94. The van der Waals surface area contributed by atoms with Crippen molar-refractivity contribution < 1.29 is 18.3 Å². The number of carbonyl (C=O) groups is 1. The summed E-state index contributed by atoms with van der Waals surface area (Å²) in [5.41, 5.74) is 1.96. The lowest BCUT2D eigenvalue weighted by Crippen LogP contribution is -2.48. The van der Waals surface area contributed by atoms with E-state index >= 15 is 0 Å². The van der Waals surface area contributed by atoms with Crippen molar-refractivity contribution in [2.45, 2.75) is 6.54 Å². The number of imidazole rings is 1. The van der Waals surface area contributed by atoms with Crippen LogP contribution in [-0.4, -0.2) is 59.0 Å². The molecule has 1 aliphatic heterocycles. The maximum Gasteiger partial charge on any atom is 0.254 e. The van der Waals surface area contributed by atoms with Crippen LogP contribution in [0.25, 0.3) is 11.0 Å². The van der Waals surface area contributed by atoms with E-state index in [4.69, 9.17) is 4.74 Å². The molecule has 8 heteroatoms. The van der Waals surface area contributed by atoms with E-state index in [1.165, 1.54) is 6.07 Å². The van der Waals surface area contributed by atoms with Crippen molar-refractivity contribution in [3.05, 3.63) is 59.4 Å². The summed E-state index contributed by atoms with van der Waals surface area (Å²) in [6, 6.07) is 8.93. The van der Waals surface area contributed by atoms with Crippen LogP contribution >= 0.6 is 0 Å². The lowest BCUT2D eigenvalue weighted by molar-refractivity contribution is 0.0625. The number of nitrogens with one attached hydrogen (secondary N) is 1. The number of nitrogens with zero attached hydrogens (tertiary/aromatic N) is 3. The number of aromatic nitrogens is 2. The summed E-state index contributed by atoms with van der Waals surface area (Å²) in [4.78, 5) is 24.2. The van der Waals surface area contributed by atoms with Gasteiger partial charge < -0.3 is 14.6 Å². The molecule has 2 heterocycles. The fraction of sp³-hybridized carbons (Fsp3) is 0.300. The Labute approximate surface area is 160 Å². The van der Waals surface area contributed by atoms with Gasteiger partial charge >= 0.3 is 0 Å². The highest BCUT2D eigenvalue weighted by Crippen LogP contribution is 2.20. The molecule has 4 rings (SSSR count). The molecule has 1 N–H and O–H groups in total. The molecule has 0 aliphatic carbocycles. The molecule has 146 valence electrons. The van der Waals surface area contributed by atoms with Crippen molar-refractivity contribution in [1.29, 1.82) is 0 Å². The first-order chi connectivity index (χ1) is 13.5. The van der Waals surface area contributed by atoms with Gasteiger partial charge in [0.25, 0.3) is 5.91 Å². The fourth-order valence-electron chi connectivity index (χ4n) is 3.38. The highest BCUT2D eigenvalue weighted by atomic mass is 19.2. The summed E-state index contributed by atoms with van der Waals surface area (Å²) >= 11 is 0. The predicted octanol–water partition coefficient (Wildman–Crippen LogP) is 2.81. The first kappa shape index (κ1) is 18.4. The van der Waals surface area contributed by atoms with Gasteiger partial charge in [-0.15, -0.1) is 0 Å². The molecule has 1 aromatic heterocycles. The number of halogens is 2. The van der Waals surface area contributed by atoms with Crippen molar-refractivity contribution in [1.82, 2.24) is 19.8 Å². The Kier molecular flexibility index (Phi) is 4.95. The first-order valence-electron chi connectivity index (χ1n) is 9.03. The summed E-state index contributed by atoms with van der Waals surface area (Å²) < 4.78 is 31.7. The Balaban J connectivity index is 1.37. The van der Waals surface area contributed by atoms with Crippen LogP contribution in [0.2, 0.25) is 0 Å². The topological polar surface area (TPSA) is 61.5 Å². The van der Waals surface area contributed by atoms with Crippen molar-refractivity contribution in [2.24, 2.45) is 0 Å². The summed E-state index contributed by atoms with van der Waals surface area (Å²) in [6.07, 6.45) is 0. The van der Waals surface area contributed by atoms with Crippen molar-refractivity contribution >= 4 is 16.9 Å². The van der Waals surface area contributed by atoms with Crippen LogP contribution in [0.3, 0.4) is 0 Å².